The maximum Gasteiger partial charge on any atom is 0.469 e. The fourth-order valence-electron chi connectivity index (χ4n) is 2.54. The summed E-state index contributed by atoms with van der Waals surface area (Å²) in [6.07, 6.45) is -4.14. The molecule has 0 aromatic carbocycles. The van der Waals surface area contributed by atoms with Gasteiger partial charge in [-0.2, -0.15) is 4.39 Å². The Morgan fingerprint density at radius 2 is 2.08 bits per heavy atom. The first-order valence-electron chi connectivity index (χ1n) is 7.08. The SMILES string of the molecule is CC(C)C(OP(=O)(O)O)[C@H]1O[C@@H](n2cc(F)c(=O)[nH]c2=O)C[C@@H]1O. The Kier molecular flexibility index (Phi) is 5.43. The Morgan fingerprint density at radius 1 is 1.46 bits per heavy atom. The number of nitrogens with zero attached hydrogens (tertiary/aromatic N) is 1. The molecule has 1 aliphatic heterocycles. The van der Waals surface area contributed by atoms with Gasteiger partial charge in [0.2, 0.25) is 5.82 Å². The molecule has 0 aliphatic carbocycles. The van der Waals surface area contributed by atoms with Crippen LogP contribution in [-0.2, 0) is 13.8 Å². The van der Waals surface area contributed by atoms with Crippen molar-refractivity contribution in [1.82, 2.24) is 9.55 Å². The minimum Gasteiger partial charge on any atom is -0.390 e. The zero-order valence-corrected chi connectivity index (χ0v) is 13.7. The first kappa shape index (κ1) is 19.0. The van der Waals surface area contributed by atoms with Gasteiger partial charge in [0.15, 0.2) is 0 Å². The summed E-state index contributed by atoms with van der Waals surface area (Å²) >= 11 is 0. The molecule has 0 bridgehead atoms. The molecule has 0 saturated carbocycles. The predicted molar refractivity (Wildman–Crippen MR) is 77.6 cm³/mol. The van der Waals surface area contributed by atoms with E-state index in [0.717, 1.165) is 4.57 Å². The van der Waals surface area contributed by atoms with Crippen LogP contribution >= 0.6 is 7.82 Å². The number of H-pyrrole nitrogens is 1. The van der Waals surface area contributed by atoms with Crippen molar-refractivity contribution in [3.05, 3.63) is 32.9 Å². The van der Waals surface area contributed by atoms with Crippen LogP contribution in [-0.4, -0.2) is 42.8 Å². The molecule has 12 heteroatoms. The zero-order chi connectivity index (χ0) is 18.2. The third-order valence-corrected chi connectivity index (χ3v) is 4.13. The molecule has 1 aromatic heterocycles. The van der Waals surface area contributed by atoms with Gasteiger partial charge in [-0.25, -0.2) is 9.36 Å². The molecule has 4 atom stereocenters. The molecule has 136 valence electrons. The van der Waals surface area contributed by atoms with Crippen LogP contribution in [0, 0.1) is 11.7 Å². The minimum absolute atomic E-state index is 0.149. The van der Waals surface area contributed by atoms with Crippen LogP contribution in [0.2, 0.25) is 0 Å². The molecule has 0 spiro atoms. The van der Waals surface area contributed by atoms with Crippen molar-refractivity contribution in [1.29, 1.82) is 0 Å². The lowest BCUT2D eigenvalue weighted by Crippen LogP contribution is -2.40. The number of ether oxygens (including phenoxy) is 1. The minimum atomic E-state index is -4.84. The third-order valence-electron chi connectivity index (χ3n) is 3.61. The van der Waals surface area contributed by atoms with E-state index in [1.807, 2.05) is 0 Å². The molecule has 1 aromatic rings. The average Bonchev–Trinajstić information content (AvgIpc) is 2.80. The summed E-state index contributed by atoms with van der Waals surface area (Å²) in [5.74, 6) is -1.64. The van der Waals surface area contributed by atoms with Gasteiger partial charge < -0.3 is 19.6 Å². The highest BCUT2D eigenvalue weighted by atomic mass is 31.2. The number of aromatic amines is 1. The summed E-state index contributed by atoms with van der Waals surface area (Å²) in [7, 11) is -4.84. The van der Waals surface area contributed by atoms with Crippen LogP contribution in [0.15, 0.2) is 15.8 Å². The summed E-state index contributed by atoms with van der Waals surface area (Å²) in [5.41, 5.74) is -2.12. The molecular weight excluding hydrogens is 350 g/mol. The molecule has 10 nitrogen and oxygen atoms in total. The summed E-state index contributed by atoms with van der Waals surface area (Å²) in [6.45, 7) is 3.21. The van der Waals surface area contributed by atoms with Crippen LogP contribution in [0.3, 0.4) is 0 Å². The molecule has 2 heterocycles. The summed E-state index contributed by atoms with van der Waals surface area (Å²) in [4.78, 5) is 42.5. The second-order valence-electron chi connectivity index (χ2n) is 5.81. The quantitative estimate of drug-likeness (QED) is 0.506. The molecule has 0 amide bonds. The van der Waals surface area contributed by atoms with Crippen LogP contribution in [0.4, 0.5) is 4.39 Å². The van der Waals surface area contributed by atoms with E-state index in [1.165, 1.54) is 0 Å². The zero-order valence-electron chi connectivity index (χ0n) is 12.8. The largest absolute Gasteiger partial charge is 0.469 e. The van der Waals surface area contributed by atoms with Gasteiger partial charge in [0, 0.05) is 6.42 Å². The fourth-order valence-corrected chi connectivity index (χ4v) is 3.22. The number of rotatable bonds is 5. The van der Waals surface area contributed by atoms with Crippen molar-refractivity contribution in [2.24, 2.45) is 5.92 Å². The molecule has 24 heavy (non-hydrogen) atoms. The smallest absolute Gasteiger partial charge is 0.390 e. The second kappa shape index (κ2) is 6.87. The van der Waals surface area contributed by atoms with E-state index in [9.17, 15) is 23.7 Å². The average molecular weight is 368 g/mol. The van der Waals surface area contributed by atoms with E-state index in [2.05, 4.69) is 4.52 Å². The van der Waals surface area contributed by atoms with Gasteiger partial charge in [-0.05, 0) is 5.92 Å². The number of hydrogen-bond acceptors (Lipinski definition) is 6. The molecule has 0 radical (unpaired) electrons. The highest BCUT2D eigenvalue weighted by Crippen LogP contribution is 2.43. The Hall–Kier alpha value is -1.36. The Bertz CT molecular complexity index is 756. The number of aromatic nitrogens is 2. The lowest BCUT2D eigenvalue weighted by molar-refractivity contribution is -0.0936. The van der Waals surface area contributed by atoms with E-state index in [4.69, 9.17) is 14.5 Å². The van der Waals surface area contributed by atoms with Gasteiger partial charge in [-0.15, -0.1) is 0 Å². The first-order chi connectivity index (χ1) is 11.0. The molecule has 1 aliphatic rings. The molecule has 4 N–H and O–H groups in total. The first-order valence-corrected chi connectivity index (χ1v) is 8.61. The van der Waals surface area contributed by atoms with E-state index < -0.39 is 55.3 Å². The normalized spacial score (nSPS) is 26.0. The molecule has 2 rings (SSSR count). The van der Waals surface area contributed by atoms with Gasteiger partial charge >= 0.3 is 13.5 Å². The highest BCUT2D eigenvalue weighted by Gasteiger charge is 2.44. The lowest BCUT2D eigenvalue weighted by Gasteiger charge is -2.28. The van der Waals surface area contributed by atoms with Crippen molar-refractivity contribution >= 4 is 7.82 Å². The number of halogens is 1. The van der Waals surface area contributed by atoms with Crippen LogP contribution in [0.1, 0.15) is 26.5 Å². The number of nitrogens with one attached hydrogen (secondary N) is 1. The summed E-state index contributed by atoms with van der Waals surface area (Å²) in [5, 5.41) is 10.1. The Labute approximate surface area is 135 Å². The van der Waals surface area contributed by atoms with Gasteiger partial charge in [0.1, 0.15) is 18.4 Å². The lowest BCUT2D eigenvalue weighted by atomic mass is 9.98. The van der Waals surface area contributed by atoms with Gasteiger partial charge in [0.25, 0.3) is 5.56 Å². The maximum atomic E-state index is 13.4. The third kappa shape index (κ3) is 4.18. The van der Waals surface area contributed by atoms with E-state index in [1.54, 1.807) is 18.8 Å². The second-order valence-corrected chi connectivity index (χ2v) is 7.00. The topological polar surface area (TPSA) is 151 Å². The Balaban J connectivity index is 2.28. The summed E-state index contributed by atoms with van der Waals surface area (Å²) in [6, 6.07) is 0. The van der Waals surface area contributed by atoms with Crippen molar-refractivity contribution in [2.75, 3.05) is 0 Å². The number of aliphatic hydroxyl groups is 1. The van der Waals surface area contributed by atoms with Crippen molar-refractivity contribution in [3.8, 4) is 0 Å². The highest BCUT2D eigenvalue weighted by molar-refractivity contribution is 7.46. The van der Waals surface area contributed by atoms with Gasteiger partial charge in [-0.3, -0.25) is 18.9 Å². The van der Waals surface area contributed by atoms with Crippen LogP contribution < -0.4 is 11.2 Å². The number of phosphoric acid groups is 1. The van der Waals surface area contributed by atoms with E-state index >= 15 is 0 Å². The van der Waals surface area contributed by atoms with Crippen molar-refractivity contribution < 1.29 is 33.1 Å². The molecule has 1 unspecified atom stereocenters. The standard InChI is InChI=1S/C12H18FN2O8P/c1-5(2)9(23-24(19,20)21)10-7(16)3-8(22-10)15-4-6(13)11(17)14-12(15)18/h4-5,7-10,16H,3H2,1-2H3,(H,14,17,18)(H2,19,20,21)/t7-,8+,9?,10-/m0/s1. The van der Waals surface area contributed by atoms with E-state index in [-0.39, 0.29) is 6.42 Å². The van der Waals surface area contributed by atoms with Crippen LogP contribution in [0.25, 0.3) is 0 Å². The molecule has 1 fully saturated rings. The van der Waals surface area contributed by atoms with Crippen molar-refractivity contribution in [3.63, 3.8) is 0 Å². The maximum absolute atomic E-state index is 13.4. The number of aliphatic hydroxyl groups excluding tert-OH is 1. The number of hydrogen-bond donors (Lipinski definition) is 4. The Morgan fingerprint density at radius 3 is 2.62 bits per heavy atom. The molecular formula is C12H18FN2O8P. The predicted octanol–water partition coefficient (Wildman–Crippen LogP) is -0.542. The summed E-state index contributed by atoms with van der Waals surface area (Å²) < 4.78 is 35.3. The fraction of sp³-hybridized carbons (Fsp3) is 0.667. The number of phosphoric ester groups is 1. The van der Waals surface area contributed by atoms with Crippen LogP contribution in [0.5, 0.6) is 0 Å². The van der Waals surface area contributed by atoms with E-state index in [0.29, 0.717) is 6.20 Å². The van der Waals surface area contributed by atoms with Crippen molar-refractivity contribution in [2.45, 2.75) is 44.8 Å². The van der Waals surface area contributed by atoms with Gasteiger partial charge in [-0.1, -0.05) is 13.8 Å². The molecule has 1 saturated heterocycles. The monoisotopic (exact) mass is 368 g/mol. The van der Waals surface area contributed by atoms with Gasteiger partial charge in [0.05, 0.1) is 12.3 Å².